The zero-order valence-corrected chi connectivity index (χ0v) is 18.8. The molecular formula is C24H20F3N7O. The van der Waals surface area contributed by atoms with Gasteiger partial charge in [-0.05, 0) is 54.8 Å². The molecule has 1 aromatic carbocycles. The molecule has 4 rings (SSSR count). The van der Waals surface area contributed by atoms with Crippen molar-refractivity contribution in [2.45, 2.75) is 33.1 Å². The number of nitriles is 1. The Labute approximate surface area is 198 Å². The summed E-state index contributed by atoms with van der Waals surface area (Å²) in [5, 5.41) is 16.7. The van der Waals surface area contributed by atoms with Crippen LogP contribution >= 0.6 is 0 Å². The molecule has 3 N–H and O–H groups in total. The third kappa shape index (κ3) is 5.06. The van der Waals surface area contributed by atoms with E-state index in [9.17, 15) is 23.2 Å². The highest BCUT2D eigenvalue weighted by atomic mass is 19.4. The van der Waals surface area contributed by atoms with Crippen molar-refractivity contribution in [1.82, 2.24) is 25.1 Å². The predicted molar refractivity (Wildman–Crippen MR) is 122 cm³/mol. The minimum Gasteiger partial charge on any atom is -0.384 e. The Balaban J connectivity index is 1.54. The molecule has 11 heteroatoms. The number of nitrogen functional groups attached to an aromatic ring is 1. The minimum absolute atomic E-state index is 0.0619. The summed E-state index contributed by atoms with van der Waals surface area (Å²) in [5.41, 5.74) is 8.38. The molecule has 8 nitrogen and oxygen atoms in total. The Kier molecular flexibility index (Phi) is 6.13. The van der Waals surface area contributed by atoms with E-state index in [0.717, 1.165) is 23.4 Å². The number of aryl methyl sites for hydroxylation is 2. The van der Waals surface area contributed by atoms with E-state index in [2.05, 4.69) is 20.4 Å². The number of carbonyl (C=O) groups excluding carboxylic acids is 1. The summed E-state index contributed by atoms with van der Waals surface area (Å²) < 4.78 is 40.5. The SMILES string of the molecule is Cc1cc(N)nc(C)c1CNC(=O)c1cn(Cc2ccc3ncc(C(F)(F)F)cc3c2)nc1C#N. The van der Waals surface area contributed by atoms with Crippen molar-refractivity contribution in [3.8, 4) is 6.07 Å². The number of fused-ring (bicyclic) bond motifs is 1. The van der Waals surface area contributed by atoms with Crippen LogP contribution in [0, 0.1) is 25.2 Å². The number of pyridine rings is 2. The summed E-state index contributed by atoms with van der Waals surface area (Å²) in [6, 6.07) is 9.54. The average Bonchev–Trinajstić information content (AvgIpc) is 3.20. The van der Waals surface area contributed by atoms with Gasteiger partial charge in [0.15, 0.2) is 5.69 Å². The first-order valence-corrected chi connectivity index (χ1v) is 10.5. The minimum atomic E-state index is -4.50. The van der Waals surface area contributed by atoms with Crippen LogP contribution in [0.4, 0.5) is 19.0 Å². The first kappa shape index (κ1) is 23.7. The standard InChI is InChI=1S/C24H20F3N7O/c1-13-5-22(29)32-14(2)18(13)10-31-23(35)19-12-34(33-21(19)8-28)11-15-3-4-20-16(6-15)7-17(9-30-20)24(25,26)27/h3-7,9,12H,10-11H2,1-2H3,(H2,29,32)(H,31,35). The highest BCUT2D eigenvalue weighted by Gasteiger charge is 2.31. The van der Waals surface area contributed by atoms with E-state index < -0.39 is 17.6 Å². The maximum Gasteiger partial charge on any atom is 0.417 e. The summed E-state index contributed by atoms with van der Waals surface area (Å²) in [6.07, 6.45) is -2.27. The predicted octanol–water partition coefficient (Wildman–Crippen LogP) is 3.89. The van der Waals surface area contributed by atoms with Crippen molar-refractivity contribution < 1.29 is 18.0 Å². The van der Waals surface area contributed by atoms with Gasteiger partial charge in [0.1, 0.15) is 11.9 Å². The molecule has 0 unspecified atom stereocenters. The van der Waals surface area contributed by atoms with Gasteiger partial charge in [0, 0.05) is 30.0 Å². The number of nitrogens with two attached hydrogens (primary N) is 1. The zero-order valence-electron chi connectivity index (χ0n) is 18.8. The Hall–Kier alpha value is -4.46. The van der Waals surface area contributed by atoms with Gasteiger partial charge in [-0.2, -0.15) is 23.5 Å². The molecule has 0 spiro atoms. The monoisotopic (exact) mass is 479 g/mol. The molecule has 0 atom stereocenters. The summed E-state index contributed by atoms with van der Waals surface area (Å²) >= 11 is 0. The van der Waals surface area contributed by atoms with E-state index in [4.69, 9.17) is 5.73 Å². The van der Waals surface area contributed by atoms with Gasteiger partial charge in [-0.25, -0.2) is 4.98 Å². The van der Waals surface area contributed by atoms with E-state index in [1.807, 2.05) is 13.0 Å². The zero-order chi connectivity index (χ0) is 25.3. The highest BCUT2D eigenvalue weighted by molar-refractivity contribution is 5.95. The Morgan fingerprint density at radius 2 is 2.00 bits per heavy atom. The number of benzene rings is 1. The largest absolute Gasteiger partial charge is 0.417 e. The lowest BCUT2D eigenvalue weighted by molar-refractivity contribution is -0.137. The maximum absolute atomic E-state index is 13.0. The second kappa shape index (κ2) is 9.06. The normalized spacial score (nSPS) is 11.4. The average molecular weight is 479 g/mol. The van der Waals surface area contributed by atoms with Gasteiger partial charge in [-0.15, -0.1) is 0 Å². The van der Waals surface area contributed by atoms with E-state index >= 15 is 0 Å². The van der Waals surface area contributed by atoms with Crippen molar-refractivity contribution >= 4 is 22.6 Å². The van der Waals surface area contributed by atoms with E-state index in [1.54, 1.807) is 31.2 Å². The van der Waals surface area contributed by atoms with Crippen LogP contribution in [-0.2, 0) is 19.3 Å². The number of carbonyl (C=O) groups is 1. The molecule has 4 aromatic rings. The Morgan fingerprint density at radius 3 is 2.69 bits per heavy atom. The third-order valence-corrected chi connectivity index (χ3v) is 5.53. The number of amides is 1. The number of hydrogen-bond acceptors (Lipinski definition) is 6. The molecule has 0 saturated carbocycles. The maximum atomic E-state index is 13.0. The molecule has 0 bridgehead atoms. The lowest BCUT2D eigenvalue weighted by Crippen LogP contribution is -2.24. The fourth-order valence-corrected chi connectivity index (χ4v) is 3.79. The van der Waals surface area contributed by atoms with Crippen LogP contribution in [-0.4, -0.2) is 25.7 Å². The van der Waals surface area contributed by atoms with Gasteiger partial charge in [-0.1, -0.05) is 6.07 Å². The number of rotatable bonds is 5. The van der Waals surface area contributed by atoms with E-state index in [0.29, 0.717) is 28.0 Å². The van der Waals surface area contributed by atoms with Crippen molar-refractivity contribution in [2.24, 2.45) is 0 Å². The smallest absolute Gasteiger partial charge is 0.384 e. The van der Waals surface area contributed by atoms with Gasteiger partial charge >= 0.3 is 6.18 Å². The molecule has 1 amide bonds. The molecule has 0 aliphatic rings. The molecule has 3 aromatic heterocycles. The van der Waals surface area contributed by atoms with E-state index in [-0.39, 0.29) is 24.3 Å². The van der Waals surface area contributed by atoms with Gasteiger partial charge in [0.05, 0.1) is 23.2 Å². The van der Waals surface area contributed by atoms with Crippen LogP contribution in [0.15, 0.2) is 42.7 Å². The van der Waals surface area contributed by atoms with Gasteiger partial charge in [-0.3, -0.25) is 14.5 Å². The number of nitrogens with one attached hydrogen (secondary N) is 1. The second-order valence-corrected chi connectivity index (χ2v) is 8.06. The fraction of sp³-hybridized carbons (Fsp3) is 0.208. The molecule has 0 aliphatic carbocycles. The van der Waals surface area contributed by atoms with Crippen LogP contribution in [0.3, 0.4) is 0 Å². The Bertz CT molecular complexity index is 1460. The molecule has 3 heterocycles. The summed E-state index contributed by atoms with van der Waals surface area (Å²) in [6.45, 7) is 4.00. The van der Waals surface area contributed by atoms with Gasteiger partial charge in [0.25, 0.3) is 5.91 Å². The lowest BCUT2D eigenvalue weighted by Gasteiger charge is -2.11. The van der Waals surface area contributed by atoms with Crippen LogP contribution in [0.2, 0.25) is 0 Å². The second-order valence-electron chi connectivity index (χ2n) is 8.06. The van der Waals surface area contributed by atoms with Crippen LogP contribution in [0.1, 0.15) is 44.0 Å². The van der Waals surface area contributed by atoms with E-state index in [1.165, 1.54) is 10.9 Å². The number of anilines is 1. The fourth-order valence-electron chi connectivity index (χ4n) is 3.79. The lowest BCUT2D eigenvalue weighted by atomic mass is 10.1. The molecule has 0 fully saturated rings. The number of halogens is 3. The molecule has 0 saturated heterocycles. The van der Waals surface area contributed by atoms with Crippen molar-refractivity contribution in [2.75, 3.05) is 5.73 Å². The van der Waals surface area contributed by atoms with Crippen LogP contribution < -0.4 is 11.1 Å². The molecule has 0 aliphatic heterocycles. The molecule has 0 radical (unpaired) electrons. The van der Waals surface area contributed by atoms with Crippen LogP contribution in [0.25, 0.3) is 10.9 Å². The molecular weight excluding hydrogens is 459 g/mol. The number of nitrogens with zero attached hydrogens (tertiary/aromatic N) is 5. The topological polar surface area (TPSA) is 123 Å². The molecule has 178 valence electrons. The number of hydrogen-bond donors (Lipinski definition) is 2. The van der Waals surface area contributed by atoms with Gasteiger partial charge < -0.3 is 11.1 Å². The summed E-state index contributed by atoms with van der Waals surface area (Å²) in [7, 11) is 0. The van der Waals surface area contributed by atoms with Crippen molar-refractivity contribution in [1.29, 1.82) is 5.26 Å². The van der Waals surface area contributed by atoms with Crippen LogP contribution in [0.5, 0.6) is 0 Å². The van der Waals surface area contributed by atoms with Crippen molar-refractivity contribution in [3.05, 3.63) is 81.9 Å². The van der Waals surface area contributed by atoms with Gasteiger partial charge in [0.2, 0.25) is 0 Å². The highest BCUT2D eigenvalue weighted by Crippen LogP contribution is 2.30. The molecule has 35 heavy (non-hydrogen) atoms. The Morgan fingerprint density at radius 1 is 1.23 bits per heavy atom. The third-order valence-electron chi connectivity index (χ3n) is 5.53. The first-order chi connectivity index (χ1) is 16.5. The van der Waals surface area contributed by atoms with Crippen molar-refractivity contribution in [3.63, 3.8) is 0 Å². The summed E-state index contributed by atoms with van der Waals surface area (Å²) in [5.74, 6) is -0.0943. The quantitative estimate of drug-likeness (QED) is 0.448. The number of aromatic nitrogens is 4. The number of alkyl halides is 3. The first-order valence-electron chi connectivity index (χ1n) is 10.5. The summed E-state index contributed by atoms with van der Waals surface area (Å²) in [4.78, 5) is 20.8.